The Kier molecular flexibility index (Phi) is 4.14. The van der Waals surface area contributed by atoms with Gasteiger partial charge in [0.25, 0.3) is 5.91 Å². The quantitative estimate of drug-likeness (QED) is 0.475. The zero-order chi connectivity index (χ0) is 14.1. The molecule has 1 N–H and O–H groups in total. The van der Waals surface area contributed by atoms with Gasteiger partial charge in [-0.1, -0.05) is 25.7 Å². The molecule has 0 aromatic rings. The van der Waals surface area contributed by atoms with Crippen LogP contribution in [0.25, 0.3) is 0 Å². The van der Waals surface area contributed by atoms with Gasteiger partial charge in [-0.2, -0.15) is 12.6 Å². The lowest BCUT2D eigenvalue weighted by atomic mass is 9.81. The van der Waals surface area contributed by atoms with E-state index in [-0.39, 0.29) is 17.4 Å². The Labute approximate surface area is 120 Å². The van der Waals surface area contributed by atoms with Crippen LogP contribution in [0.15, 0.2) is 0 Å². The maximum Gasteiger partial charge on any atom is 0.325 e. The van der Waals surface area contributed by atoms with Crippen molar-refractivity contribution in [3.63, 3.8) is 0 Å². The van der Waals surface area contributed by atoms with Gasteiger partial charge in [-0.25, -0.2) is 4.79 Å². The third-order valence-corrected chi connectivity index (χ3v) is 5.11. The average Bonchev–Trinajstić information content (AvgIpc) is 2.55. The van der Waals surface area contributed by atoms with E-state index in [4.69, 9.17) is 0 Å². The molecule has 108 valence electrons. The molecule has 0 bridgehead atoms. The highest BCUT2D eigenvalue weighted by Gasteiger charge is 2.47. The number of imide groups is 1. The van der Waals surface area contributed by atoms with Crippen molar-refractivity contribution >= 4 is 24.6 Å². The SMILES string of the molecule is CC1(C)NC(=O)N(CC2(CS)CCCCCC2)C1=O. The highest BCUT2D eigenvalue weighted by molar-refractivity contribution is 7.80. The number of rotatable bonds is 3. The van der Waals surface area contributed by atoms with Crippen LogP contribution >= 0.6 is 12.6 Å². The Bertz CT molecular complexity index is 374. The Balaban J connectivity index is 2.14. The van der Waals surface area contributed by atoms with Crippen LogP contribution in [0.4, 0.5) is 4.79 Å². The molecule has 2 fully saturated rings. The van der Waals surface area contributed by atoms with E-state index in [1.165, 1.54) is 30.6 Å². The summed E-state index contributed by atoms with van der Waals surface area (Å²) < 4.78 is 0. The second-order valence-corrected chi connectivity index (χ2v) is 6.84. The molecule has 19 heavy (non-hydrogen) atoms. The summed E-state index contributed by atoms with van der Waals surface area (Å²) in [6.07, 6.45) is 6.98. The van der Waals surface area contributed by atoms with Gasteiger partial charge in [0.2, 0.25) is 0 Å². The smallest absolute Gasteiger partial charge is 0.324 e. The molecule has 1 aliphatic carbocycles. The van der Waals surface area contributed by atoms with Crippen LogP contribution in [0.1, 0.15) is 52.4 Å². The van der Waals surface area contributed by atoms with E-state index in [1.54, 1.807) is 13.8 Å². The molecule has 2 rings (SSSR count). The summed E-state index contributed by atoms with van der Waals surface area (Å²) in [5, 5.41) is 2.75. The summed E-state index contributed by atoms with van der Waals surface area (Å²) in [4.78, 5) is 25.7. The number of thiol groups is 1. The van der Waals surface area contributed by atoms with Crippen molar-refractivity contribution in [3.05, 3.63) is 0 Å². The first kappa shape index (κ1) is 14.7. The van der Waals surface area contributed by atoms with Crippen molar-refractivity contribution in [3.8, 4) is 0 Å². The molecular formula is C14H24N2O2S. The molecule has 5 heteroatoms. The van der Waals surface area contributed by atoms with E-state index in [9.17, 15) is 9.59 Å². The maximum atomic E-state index is 12.3. The third-order valence-electron chi connectivity index (χ3n) is 4.44. The number of nitrogens with zero attached hydrogens (tertiary/aromatic N) is 1. The van der Waals surface area contributed by atoms with Gasteiger partial charge in [-0.05, 0) is 37.9 Å². The number of nitrogens with one attached hydrogen (secondary N) is 1. The van der Waals surface area contributed by atoms with Crippen LogP contribution in [0.3, 0.4) is 0 Å². The lowest BCUT2D eigenvalue weighted by Crippen LogP contribution is -2.44. The Morgan fingerprint density at radius 1 is 1.16 bits per heavy atom. The molecule has 0 aromatic carbocycles. The average molecular weight is 284 g/mol. The lowest BCUT2D eigenvalue weighted by Gasteiger charge is -2.34. The predicted molar refractivity (Wildman–Crippen MR) is 78.3 cm³/mol. The fraction of sp³-hybridized carbons (Fsp3) is 0.857. The van der Waals surface area contributed by atoms with Crippen LogP contribution in [0.2, 0.25) is 0 Å². The molecular weight excluding hydrogens is 260 g/mol. The minimum absolute atomic E-state index is 0.00698. The van der Waals surface area contributed by atoms with E-state index in [0.29, 0.717) is 6.54 Å². The molecule has 0 atom stereocenters. The highest BCUT2D eigenvalue weighted by atomic mass is 32.1. The van der Waals surface area contributed by atoms with Crippen molar-refractivity contribution in [2.75, 3.05) is 12.3 Å². The molecule has 3 amide bonds. The summed E-state index contributed by atoms with van der Waals surface area (Å²) in [5.41, 5.74) is -0.757. The summed E-state index contributed by atoms with van der Waals surface area (Å²) in [7, 11) is 0. The van der Waals surface area contributed by atoms with Gasteiger partial charge in [0.05, 0.1) is 0 Å². The molecule has 0 radical (unpaired) electrons. The summed E-state index contributed by atoms with van der Waals surface area (Å²) >= 11 is 4.50. The van der Waals surface area contributed by atoms with Crippen LogP contribution in [-0.4, -0.2) is 34.7 Å². The van der Waals surface area contributed by atoms with Gasteiger partial charge in [-0.15, -0.1) is 0 Å². The van der Waals surface area contributed by atoms with Gasteiger partial charge in [-0.3, -0.25) is 9.69 Å². The number of hydrogen-bond donors (Lipinski definition) is 2. The molecule has 0 unspecified atom stereocenters. The van der Waals surface area contributed by atoms with Crippen LogP contribution in [0.5, 0.6) is 0 Å². The Hall–Kier alpha value is -0.710. The van der Waals surface area contributed by atoms with E-state index < -0.39 is 5.54 Å². The summed E-state index contributed by atoms with van der Waals surface area (Å²) in [6, 6.07) is -0.250. The lowest BCUT2D eigenvalue weighted by molar-refractivity contribution is -0.131. The number of urea groups is 1. The van der Waals surface area contributed by atoms with Gasteiger partial charge in [0.1, 0.15) is 5.54 Å². The van der Waals surface area contributed by atoms with Crippen LogP contribution in [0, 0.1) is 5.41 Å². The largest absolute Gasteiger partial charge is 0.325 e. The number of amides is 3. The Morgan fingerprint density at radius 2 is 1.74 bits per heavy atom. The minimum Gasteiger partial charge on any atom is -0.324 e. The second kappa shape index (κ2) is 5.35. The first-order valence-electron chi connectivity index (χ1n) is 7.15. The molecule has 1 saturated carbocycles. The topological polar surface area (TPSA) is 49.4 Å². The normalized spacial score (nSPS) is 26.2. The molecule has 1 heterocycles. The van der Waals surface area contributed by atoms with Crippen molar-refractivity contribution in [2.45, 2.75) is 57.9 Å². The van der Waals surface area contributed by atoms with Crippen molar-refractivity contribution in [1.29, 1.82) is 0 Å². The summed E-state index contributed by atoms with van der Waals surface area (Å²) in [6.45, 7) is 4.03. The fourth-order valence-corrected chi connectivity index (χ4v) is 3.56. The first-order valence-corrected chi connectivity index (χ1v) is 7.78. The van der Waals surface area contributed by atoms with Gasteiger partial charge in [0, 0.05) is 6.54 Å². The maximum absolute atomic E-state index is 12.3. The van der Waals surface area contributed by atoms with E-state index >= 15 is 0 Å². The third kappa shape index (κ3) is 2.91. The van der Waals surface area contributed by atoms with E-state index in [2.05, 4.69) is 17.9 Å². The van der Waals surface area contributed by atoms with Crippen LogP contribution in [-0.2, 0) is 4.79 Å². The van der Waals surface area contributed by atoms with Gasteiger partial charge in [0.15, 0.2) is 0 Å². The first-order chi connectivity index (χ1) is 8.90. The molecule has 1 aliphatic heterocycles. The molecule has 2 aliphatic rings. The zero-order valence-corrected chi connectivity index (χ0v) is 12.8. The van der Waals surface area contributed by atoms with E-state index in [0.717, 1.165) is 18.6 Å². The van der Waals surface area contributed by atoms with Gasteiger partial charge >= 0.3 is 6.03 Å². The van der Waals surface area contributed by atoms with Crippen molar-refractivity contribution < 1.29 is 9.59 Å². The summed E-state index contributed by atoms with van der Waals surface area (Å²) in [5.74, 6) is 0.632. The highest BCUT2D eigenvalue weighted by Crippen LogP contribution is 2.38. The molecule has 0 aromatic heterocycles. The monoisotopic (exact) mass is 284 g/mol. The fourth-order valence-electron chi connectivity index (χ4n) is 3.14. The number of hydrogen-bond acceptors (Lipinski definition) is 3. The molecule has 4 nitrogen and oxygen atoms in total. The van der Waals surface area contributed by atoms with E-state index in [1.807, 2.05) is 0 Å². The molecule has 1 saturated heterocycles. The van der Waals surface area contributed by atoms with Crippen molar-refractivity contribution in [2.24, 2.45) is 5.41 Å². The number of carbonyl (C=O) groups excluding carboxylic acids is 2. The van der Waals surface area contributed by atoms with Crippen molar-refractivity contribution in [1.82, 2.24) is 10.2 Å². The molecule has 0 spiro atoms. The predicted octanol–water partition coefficient (Wildman–Crippen LogP) is 2.59. The standard InChI is InChI=1S/C14H24N2O2S/c1-13(2)11(17)16(12(18)15-13)9-14(10-19)7-5-3-4-6-8-14/h19H,3-10H2,1-2H3,(H,15,18). The second-order valence-electron chi connectivity index (χ2n) is 6.52. The van der Waals surface area contributed by atoms with Crippen LogP contribution < -0.4 is 5.32 Å². The minimum atomic E-state index is -0.764. The number of carbonyl (C=O) groups is 2. The zero-order valence-electron chi connectivity index (χ0n) is 11.9. The Morgan fingerprint density at radius 3 is 2.16 bits per heavy atom. The van der Waals surface area contributed by atoms with Gasteiger partial charge < -0.3 is 5.32 Å².